The monoisotopic (exact) mass is 240 g/mol. The van der Waals surface area contributed by atoms with Gasteiger partial charge in [-0.1, -0.05) is 27.7 Å². The predicted octanol–water partition coefficient (Wildman–Crippen LogP) is 2.94. The summed E-state index contributed by atoms with van der Waals surface area (Å²) >= 11 is 0. The van der Waals surface area contributed by atoms with Gasteiger partial charge < -0.3 is 9.80 Å². The van der Waals surface area contributed by atoms with Crippen LogP contribution in [0.4, 0.5) is 0 Å². The molecule has 0 amide bonds. The standard InChI is InChI=1S/C15H32N2/c1-13(2)10-15(11-14(3)4)12-17-8-6-16(5)7-9-17/h13-15H,6-12H2,1-5H3. The summed E-state index contributed by atoms with van der Waals surface area (Å²) in [7, 11) is 2.23. The van der Waals surface area contributed by atoms with E-state index in [1.807, 2.05) is 0 Å². The highest BCUT2D eigenvalue weighted by atomic mass is 15.2. The van der Waals surface area contributed by atoms with Crippen LogP contribution in [-0.4, -0.2) is 49.6 Å². The molecule has 0 atom stereocenters. The third-order valence-electron chi connectivity index (χ3n) is 3.72. The first kappa shape index (κ1) is 15.0. The largest absolute Gasteiger partial charge is 0.304 e. The van der Waals surface area contributed by atoms with Crippen LogP contribution in [0.5, 0.6) is 0 Å². The highest BCUT2D eigenvalue weighted by molar-refractivity contribution is 4.74. The van der Waals surface area contributed by atoms with Crippen molar-refractivity contribution in [2.75, 3.05) is 39.8 Å². The molecule has 0 bridgehead atoms. The number of hydrogen-bond acceptors (Lipinski definition) is 2. The van der Waals surface area contributed by atoms with Gasteiger partial charge in [-0.2, -0.15) is 0 Å². The number of likely N-dealkylation sites (N-methyl/N-ethyl adjacent to an activating group) is 1. The summed E-state index contributed by atoms with van der Waals surface area (Å²) in [6.45, 7) is 15.8. The van der Waals surface area contributed by atoms with Crippen LogP contribution in [-0.2, 0) is 0 Å². The SMILES string of the molecule is CC(C)CC(CC(C)C)CN1CCN(C)CC1. The Kier molecular flexibility index (Phi) is 6.50. The summed E-state index contributed by atoms with van der Waals surface area (Å²) in [4.78, 5) is 5.12. The van der Waals surface area contributed by atoms with Crippen molar-refractivity contribution < 1.29 is 0 Å². The lowest BCUT2D eigenvalue weighted by molar-refractivity contribution is 0.124. The van der Waals surface area contributed by atoms with Crippen molar-refractivity contribution in [3.63, 3.8) is 0 Å². The van der Waals surface area contributed by atoms with Crippen molar-refractivity contribution in [1.82, 2.24) is 9.80 Å². The van der Waals surface area contributed by atoms with E-state index in [-0.39, 0.29) is 0 Å². The molecule has 0 N–H and O–H groups in total. The minimum absolute atomic E-state index is 0.839. The molecule has 0 aliphatic carbocycles. The van der Waals surface area contributed by atoms with E-state index in [0.717, 1.165) is 17.8 Å². The van der Waals surface area contributed by atoms with Gasteiger partial charge in [0.2, 0.25) is 0 Å². The zero-order chi connectivity index (χ0) is 12.8. The lowest BCUT2D eigenvalue weighted by atomic mass is 9.89. The molecule has 1 saturated heterocycles. The Balaban J connectivity index is 2.36. The Labute approximate surface area is 108 Å². The van der Waals surface area contributed by atoms with Crippen molar-refractivity contribution >= 4 is 0 Å². The van der Waals surface area contributed by atoms with E-state index < -0.39 is 0 Å². The fourth-order valence-electron chi connectivity index (χ4n) is 2.97. The van der Waals surface area contributed by atoms with Crippen LogP contribution in [0.1, 0.15) is 40.5 Å². The van der Waals surface area contributed by atoms with Gasteiger partial charge in [-0.15, -0.1) is 0 Å². The predicted molar refractivity (Wildman–Crippen MR) is 76.3 cm³/mol. The fourth-order valence-corrected chi connectivity index (χ4v) is 2.97. The zero-order valence-corrected chi connectivity index (χ0v) is 12.6. The van der Waals surface area contributed by atoms with Gasteiger partial charge in [0, 0.05) is 32.7 Å². The molecule has 1 aliphatic rings. The molecule has 0 saturated carbocycles. The van der Waals surface area contributed by atoms with Gasteiger partial charge >= 0.3 is 0 Å². The summed E-state index contributed by atoms with van der Waals surface area (Å²) in [5.74, 6) is 2.58. The maximum absolute atomic E-state index is 2.68. The number of hydrogen-bond donors (Lipinski definition) is 0. The molecular weight excluding hydrogens is 208 g/mol. The molecule has 1 aliphatic heterocycles. The van der Waals surface area contributed by atoms with Gasteiger partial charge in [0.1, 0.15) is 0 Å². The van der Waals surface area contributed by atoms with Crippen molar-refractivity contribution in [2.24, 2.45) is 17.8 Å². The molecule has 0 unspecified atom stereocenters. The lowest BCUT2D eigenvalue weighted by Gasteiger charge is -2.35. The van der Waals surface area contributed by atoms with Crippen LogP contribution in [0, 0.1) is 17.8 Å². The average Bonchev–Trinajstić information content (AvgIpc) is 2.19. The highest BCUT2D eigenvalue weighted by Gasteiger charge is 2.19. The quantitative estimate of drug-likeness (QED) is 0.704. The lowest BCUT2D eigenvalue weighted by Crippen LogP contribution is -2.46. The molecule has 0 aromatic heterocycles. The third kappa shape index (κ3) is 6.42. The second kappa shape index (κ2) is 7.38. The first-order chi connectivity index (χ1) is 7.97. The molecule has 0 aromatic rings. The Morgan fingerprint density at radius 3 is 1.71 bits per heavy atom. The first-order valence-electron chi connectivity index (χ1n) is 7.38. The van der Waals surface area contributed by atoms with Crippen LogP contribution in [0.15, 0.2) is 0 Å². The molecule has 102 valence electrons. The molecule has 1 heterocycles. The van der Waals surface area contributed by atoms with Crippen LogP contribution < -0.4 is 0 Å². The van der Waals surface area contributed by atoms with Crippen molar-refractivity contribution in [2.45, 2.75) is 40.5 Å². The number of piperazine rings is 1. The maximum atomic E-state index is 2.68. The van der Waals surface area contributed by atoms with E-state index in [9.17, 15) is 0 Å². The summed E-state index contributed by atoms with van der Waals surface area (Å²) in [6, 6.07) is 0. The number of rotatable bonds is 6. The summed E-state index contributed by atoms with van der Waals surface area (Å²) in [5.41, 5.74) is 0. The highest BCUT2D eigenvalue weighted by Crippen LogP contribution is 2.21. The van der Waals surface area contributed by atoms with Crippen LogP contribution in [0.25, 0.3) is 0 Å². The molecule has 2 nitrogen and oxygen atoms in total. The van der Waals surface area contributed by atoms with Gasteiger partial charge in [-0.3, -0.25) is 0 Å². The minimum Gasteiger partial charge on any atom is -0.304 e. The van der Waals surface area contributed by atoms with E-state index in [0.29, 0.717) is 0 Å². The second-order valence-electron chi connectivity index (χ2n) is 6.73. The molecule has 0 aromatic carbocycles. The first-order valence-corrected chi connectivity index (χ1v) is 7.38. The Morgan fingerprint density at radius 2 is 1.29 bits per heavy atom. The van der Waals surface area contributed by atoms with Gasteiger partial charge in [0.25, 0.3) is 0 Å². The molecule has 1 rings (SSSR count). The summed E-state index contributed by atoms with van der Waals surface area (Å²) < 4.78 is 0. The summed E-state index contributed by atoms with van der Waals surface area (Å²) in [6.07, 6.45) is 2.79. The Hall–Kier alpha value is -0.0800. The van der Waals surface area contributed by atoms with Crippen LogP contribution in [0.2, 0.25) is 0 Å². The van der Waals surface area contributed by atoms with E-state index in [1.54, 1.807) is 0 Å². The van der Waals surface area contributed by atoms with Crippen molar-refractivity contribution in [1.29, 1.82) is 0 Å². The van der Waals surface area contributed by atoms with E-state index in [4.69, 9.17) is 0 Å². The number of nitrogens with zero attached hydrogens (tertiary/aromatic N) is 2. The minimum atomic E-state index is 0.839. The smallest absolute Gasteiger partial charge is 0.0110 e. The topological polar surface area (TPSA) is 6.48 Å². The van der Waals surface area contributed by atoms with Crippen molar-refractivity contribution in [3.05, 3.63) is 0 Å². The van der Waals surface area contributed by atoms with Gasteiger partial charge in [-0.25, -0.2) is 0 Å². The van der Waals surface area contributed by atoms with Gasteiger partial charge in [0.15, 0.2) is 0 Å². The van der Waals surface area contributed by atoms with Gasteiger partial charge in [0.05, 0.1) is 0 Å². The van der Waals surface area contributed by atoms with Crippen molar-refractivity contribution in [3.8, 4) is 0 Å². The maximum Gasteiger partial charge on any atom is 0.0110 e. The van der Waals surface area contributed by atoms with E-state index in [1.165, 1.54) is 45.6 Å². The molecular formula is C15H32N2. The van der Waals surface area contributed by atoms with Gasteiger partial charge in [-0.05, 0) is 37.6 Å². The third-order valence-corrected chi connectivity index (χ3v) is 3.72. The van der Waals surface area contributed by atoms with E-state index in [2.05, 4.69) is 44.5 Å². The Morgan fingerprint density at radius 1 is 0.824 bits per heavy atom. The second-order valence-corrected chi connectivity index (χ2v) is 6.73. The molecule has 0 radical (unpaired) electrons. The normalized spacial score (nSPS) is 19.8. The fraction of sp³-hybridized carbons (Fsp3) is 1.00. The molecule has 2 heteroatoms. The molecule has 0 spiro atoms. The average molecular weight is 240 g/mol. The molecule has 1 fully saturated rings. The van der Waals surface area contributed by atoms with E-state index >= 15 is 0 Å². The summed E-state index contributed by atoms with van der Waals surface area (Å²) in [5, 5.41) is 0. The van der Waals surface area contributed by atoms with Crippen LogP contribution >= 0.6 is 0 Å². The molecule has 17 heavy (non-hydrogen) atoms. The Bertz CT molecular complexity index is 183. The van der Waals surface area contributed by atoms with Crippen LogP contribution in [0.3, 0.4) is 0 Å². The zero-order valence-electron chi connectivity index (χ0n) is 12.6.